The lowest BCUT2D eigenvalue weighted by atomic mass is 9.83. The van der Waals surface area contributed by atoms with Gasteiger partial charge in [-0.2, -0.15) is 0 Å². The van der Waals surface area contributed by atoms with Gasteiger partial charge < -0.3 is 4.90 Å². The summed E-state index contributed by atoms with van der Waals surface area (Å²) in [7, 11) is 2.31. The van der Waals surface area contributed by atoms with E-state index in [1.165, 1.54) is 45.1 Å². The quantitative estimate of drug-likeness (QED) is 0.628. The molecule has 1 aliphatic rings. The molecule has 0 amide bonds. The van der Waals surface area contributed by atoms with Crippen molar-refractivity contribution in [2.75, 3.05) is 13.6 Å². The molecular weight excluding hydrogens is 230 g/mol. The van der Waals surface area contributed by atoms with Gasteiger partial charge >= 0.3 is 0 Å². The lowest BCUT2D eigenvalue weighted by Gasteiger charge is -2.35. The van der Waals surface area contributed by atoms with Gasteiger partial charge in [0.2, 0.25) is 0 Å². The minimum Gasteiger partial charge on any atom is -0.303 e. The maximum atomic E-state index is 2.59. The first-order valence-corrected chi connectivity index (χ1v) is 8.56. The van der Waals surface area contributed by atoms with Crippen LogP contribution in [0, 0.1) is 17.8 Å². The highest BCUT2D eigenvalue weighted by Gasteiger charge is 2.23. The molecule has 19 heavy (non-hydrogen) atoms. The van der Waals surface area contributed by atoms with Crippen molar-refractivity contribution in [1.29, 1.82) is 0 Å². The van der Waals surface area contributed by atoms with Crippen LogP contribution in [0.25, 0.3) is 0 Å². The van der Waals surface area contributed by atoms with E-state index in [0.717, 1.165) is 23.8 Å². The van der Waals surface area contributed by atoms with E-state index < -0.39 is 0 Å². The van der Waals surface area contributed by atoms with Crippen molar-refractivity contribution < 1.29 is 0 Å². The molecule has 0 N–H and O–H groups in total. The molecule has 0 aromatic heterocycles. The highest BCUT2D eigenvalue weighted by atomic mass is 15.1. The molecule has 0 aromatic rings. The molecule has 1 fully saturated rings. The van der Waals surface area contributed by atoms with E-state index in [9.17, 15) is 0 Å². The minimum atomic E-state index is 0.809. The summed E-state index contributed by atoms with van der Waals surface area (Å²) in [5, 5.41) is 0. The smallest absolute Gasteiger partial charge is 0.00925 e. The van der Waals surface area contributed by atoms with Gasteiger partial charge in [0.15, 0.2) is 0 Å². The average molecular weight is 270 g/mol. The Labute approximate surface area is 123 Å². The van der Waals surface area contributed by atoms with Gasteiger partial charge in [-0.15, -0.1) is 0 Å². The lowest BCUT2D eigenvalue weighted by molar-refractivity contribution is 0.148. The third kappa shape index (κ3) is 10.4. The Bertz CT molecular complexity index is 187. The van der Waals surface area contributed by atoms with E-state index in [2.05, 4.69) is 53.5 Å². The van der Waals surface area contributed by atoms with Crippen molar-refractivity contribution >= 4 is 0 Å². The zero-order valence-corrected chi connectivity index (χ0v) is 14.7. The van der Waals surface area contributed by atoms with Crippen molar-refractivity contribution in [2.24, 2.45) is 17.8 Å². The average Bonchev–Trinajstić information content (AvgIpc) is 2.28. The van der Waals surface area contributed by atoms with Crippen molar-refractivity contribution in [2.45, 2.75) is 86.1 Å². The highest BCUT2D eigenvalue weighted by molar-refractivity contribution is 4.78. The van der Waals surface area contributed by atoms with Gasteiger partial charge in [-0.3, -0.25) is 0 Å². The molecule has 0 saturated heterocycles. The van der Waals surface area contributed by atoms with Crippen LogP contribution in [-0.4, -0.2) is 24.5 Å². The summed E-state index contributed by atoms with van der Waals surface area (Å²) in [5.74, 6) is 2.68. The summed E-state index contributed by atoms with van der Waals surface area (Å²) in [6.07, 6.45) is 8.65. The molecular formula is C18H39N. The van der Waals surface area contributed by atoms with Gasteiger partial charge in [0.25, 0.3) is 0 Å². The van der Waals surface area contributed by atoms with Crippen LogP contribution in [0.15, 0.2) is 0 Å². The van der Waals surface area contributed by atoms with E-state index in [-0.39, 0.29) is 0 Å². The molecule has 0 aliphatic heterocycles. The van der Waals surface area contributed by atoms with Crippen molar-refractivity contribution in [1.82, 2.24) is 4.90 Å². The standard InChI is InChI=1S/C14H29N.C4H10/c1-5-6-13-7-9-14(10-8-13)15(4)11-12(2)3;1-4(2)3/h12-14H,5-11H2,1-4H3;4H,1-3H3. The molecule has 0 radical (unpaired) electrons. The summed E-state index contributed by atoms with van der Waals surface area (Å²) in [5.41, 5.74) is 0. The van der Waals surface area contributed by atoms with Gasteiger partial charge in [0, 0.05) is 12.6 Å². The Balaban J connectivity index is 0.000000711. The number of hydrogen-bond acceptors (Lipinski definition) is 1. The number of nitrogens with zero attached hydrogens (tertiary/aromatic N) is 1. The first-order chi connectivity index (χ1) is 8.86. The summed E-state index contributed by atoms with van der Waals surface area (Å²) in [4.78, 5) is 2.59. The molecule has 1 rings (SSSR count). The van der Waals surface area contributed by atoms with E-state index >= 15 is 0 Å². The van der Waals surface area contributed by atoms with Crippen LogP contribution in [0.3, 0.4) is 0 Å². The summed E-state index contributed by atoms with van der Waals surface area (Å²) >= 11 is 0. The maximum absolute atomic E-state index is 2.59. The largest absolute Gasteiger partial charge is 0.303 e. The van der Waals surface area contributed by atoms with E-state index in [4.69, 9.17) is 0 Å². The Morgan fingerprint density at radius 1 is 0.947 bits per heavy atom. The van der Waals surface area contributed by atoms with Crippen LogP contribution in [0.5, 0.6) is 0 Å². The molecule has 0 aromatic carbocycles. The zero-order chi connectivity index (χ0) is 14.8. The van der Waals surface area contributed by atoms with Gasteiger partial charge in [-0.1, -0.05) is 54.4 Å². The number of rotatable bonds is 5. The van der Waals surface area contributed by atoms with Crippen LogP contribution in [0.4, 0.5) is 0 Å². The van der Waals surface area contributed by atoms with E-state index in [1.54, 1.807) is 0 Å². The predicted molar refractivity (Wildman–Crippen MR) is 88.6 cm³/mol. The third-order valence-electron chi connectivity index (χ3n) is 3.79. The molecule has 0 heterocycles. The second-order valence-corrected chi connectivity index (χ2v) is 7.53. The SMILES string of the molecule is CC(C)C.CCCC1CCC(N(C)CC(C)C)CC1. The van der Waals surface area contributed by atoms with Crippen LogP contribution >= 0.6 is 0 Å². The Morgan fingerprint density at radius 3 is 1.79 bits per heavy atom. The monoisotopic (exact) mass is 269 g/mol. The molecule has 0 atom stereocenters. The molecule has 0 bridgehead atoms. The molecule has 1 aliphatic carbocycles. The van der Waals surface area contributed by atoms with Crippen molar-refractivity contribution in [3.8, 4) is 0 Å². The third-order valence-corrected chi connectivity index (χ3v) is 3.79. The van der Waals surface area contributed by atoms with Gasteiger partial charge in [0.1, 0.15) is 0 Å². The molecule has 0 unspecified atom stereocenters. The normalized spacial score (nSPS) is 23.7. The second kappa shape index (κ2) is 10.7. The fraction of sp³-hybridized carbons (Fsp3) is 1.00. The van der Waals surface area contributed by atoms with Crippen LogP contribution < -0.4 is 0 Å². The van der Waals surface area contributed by atoms with Crippen molar-refractivity contribution in [3.05, 3.63) is 0 Å². The predicted octanol–water partition coefficient (Wildman–Crippen LogP) is 5.60. The second-order valence-electron chi connectivity index (χ2n) is 7.53. The zero-order valence-electron chi connectivity index (χ0n) is 14.7. The Kier molecular flexibility index (Phi) is 10.7. The molecule has 0 spiro atoms. The fourth-order valence-electron chi connectivity index (χ4n) is 3.01. The van der Waals surface area contributed by atoms with Gasteiger partial charge in [0.05, 0.1) is 0 Å². The lowest BCUT2D eigenvalue weighted by Crippen LogP contribution is -2.37. The maximum Gasteiger partial charge on any atom is 0.00925 e. The fourth-order valence-corrected chi connectivity index (χ4v) is 3.01. The number of hydrogen-bond donors (Lipinski definition) is 0. The topological polar surface area (TPSA) is 3.24 Å². The summed E-state index contributed by atoms with van der Waals surface area (Å²) < 4.78 is 0. The van der Waals surface area contributed by atoms with E-state index in [1.807, 2.05) is 0 Å². The van der Waals surface area contributed by atoms with Gasteiger partial charge in [-0.25, -0.2) is 0 Å². The molecule has 1 saturated carbocycles. The Morgan fingerprint density at radius 2 is 1.42 bits per heavy atom. The molecule has 1 heteroatoms. The first kappa shape index (κ1) is 19.0. The minimum absolute atomic E-state index is 0.809. The summed E-state index contributed by atoms with van der Waals surface area (Å²) in [6.45, 7) is 14.7. The summed E-state index contributed by atoms with van der Waals surface area (Å²) in [6, 6.07) is 0.875. The molecule has 116 valence electrons. The van der Waals surface area contributed by atoms with Crippen molar-refractivity contribution in [3.63, 3.8) is 0 Å². The highest BCUT2D eigenvalue weighted by Crippen LogP contribution is 2.30. The first-order valence-electron chi connectivity index (χ1n) is 8.56. The van der Waals surface area contributed by atoms with Crippen LogP contribution in [0.2, 0.25) is 0 Å². The van der Waals surface area contributed by atoms with E-state index in [0.29, 0.717) is 0 Å². The van der Waals surface area contributed by atoms with Crippen LogP contribution in [0.1, 0.15) is 80.1 Å². The molecule has 1 nitrogen and oxygen atoms in total. The Hall–Kier alpha value is -0.0400. The van der Waals surface area contributed by atoms with Crippen LogP contribution in [-0.2, 0) is 0 Å². The van der Waals surface area contributed by atoms with Gasteiger partial charge in [-0.05, 0) is 50.5 Å².